The number of methoxy groups -OCH3 is 2. The monoisotopic (exact) mass is 468 g/mol. The zero-order valence-electron chi connectivity index (χ0n) is 19.6. The van der Waals surface area contributed by atoms with Crippen LogP contribution in [0.4, 0.5) is 0 Å². The molecule has 1 fully saturated rings. The second-order valence-corrected chi connectivity index (χ2v) is 8.97. The zero-order valence-corrected chi connectivity index (χ0v) is 20.4. The summed E-state index contributed by atoms with van der Waals surface area (Å²) in [6.07, 6.45) is 0.757. The predicted octanol–water partition coefficient (Wildman–Crippen LogP) is 3.49. The van der Waals surface area contributed by atoms with Gasteiger partial charge >= 0.3 is 0 Å². The highest BCUT2D eigenvalue weighted by Gasteiger charge is 2.28. The largest absolute Gasteiger partial charge is 0.493 e. The van der Waals surface area contributed by atoms with Crippen molar-refractivity contribution in [2.45, 2.75) is 27.2 Å². The molecule has 0 N–H and O–H groups in total. The van der Waals surface area contributed by atoms with Crippen LogP contribution in [0.5, 0.6) is 11.5 Å². The number of rotatable bonds is 5. The fourth-order valence-corrected chi connectivity index (χ4v) is 5.38. The van der Waals surface area contributed by atoms with Crippen LogP contribution >= 0.6 is 11.3 Å². The minimum absolute atomic E-state index is 0.00818. The van der Waals surface area contributed by atoms with E-state index in [2.05, 4.69) is 9.97 Å². The van der Waals surface area contributed by atoms with E-state index in [0.29, 0.717) is 48.1 Å². The maximum atomic E-state index is 13.3. The topological polar surface area (TPSA) is 84.9 Å². The summed E-state index contributed by atoms with van der Waals surface area (Å²) in [5.41, 5.74) is 2.38. The quantitative estimate of drug-likeness (QED) is 0.570. The van der Waals surface area contributed by atoms with Crippen LogP contribution in [-0.4, -0.2) is 72.0 Å². The van der Waals surface area contributed by atoms with E-state index < -0.39 is 0 Å². The Morgan fingerprint density at radius 2 is 1.61 bits per heavy atom. The molecule has 8 nitrogen and oxygen atoms in total. The lowest BCUT2D eigenvalue weighted by Crippen LogP contribution is -2.50. The number of hydrogen-bond donors (Lipinski definition) is 0. The number of nitrogens with zero attached hydrogens (tertiary/aromatic N) is 4. The number of benzene rings is 1. The lowest BCUT2D eigenvalue weighted by molar-refractivity contribution is 0.0537. The van der Waals surface area contributed by atoms with E-state index in [1.165, 1.54) is 11.3 Å². The molecule has 0 bridgehead atoms. The number of hydrogen-bond acceptors (Lipinski definition) is 7. The highest BCUT2D eigenvalue weighted by atomic mass is 32.1. The predicted molar refractivity (Wildman–Crippen MR) is 128 cm³/mol. The minimum Gasteiger partial charge on any atom is -0.493 e. The number of thiophene rings is 1. The van der Waals surface area contributed by atoms with E-state index >= 15 is 0 Å². The van der Waals surface area contributed by atoms with Gasteiger partial charge in [0.05, 0.1) is 19.1 Å². The number of ether oxygens (including phenoxy) is 2. The third-order valence-electron chi connectivity index (χ3n) is 6.01. The van der Waals surface area contributed by atoms with Crippen molar-refractivity contribution in [2.24, 2.45) is 0 Å². The molecule has 174 valence electrons. The molecular weight excluding hydrogens is 440 g/mol. The van der Waals surface area contributed by atoms with E-state index in [9.17, 15) is 9.59 Å². The van der Waals surface area contributed by atoms with Crippen molar-refractivity contribution in [2.75, 3.05) is 40.4 Å². The summed E-state index contributed by atoms with van der Waals surface area (Å²) in [7, 11) is 3.10. The van der Waals surface area contributed by atoms with Crippen molar-refractivity contribution in [3.8, 4) is 11.5 Å². The molecule has 3 heterocycles. The summed E-state index contributed by atoms with van der Waals surface area (Å²) in [6.45, 7) is 7.87. The first-order valence-corrected chi connectivity index (χ1v) is 11.8. The van der Waals surface area contributed by atoms with Crippen molar-refractivity contribution in [3.63, 3.8) is 0 Å². The Morgan fingerprint density at radius 3 is 2.21 bits per heavy atom. The van der Waals surface area contributed by atoms with E-state index in [0.717, 1.165) is 33.7 Å². The molecule has 0 atom stereocenters. The Balaban J connectivity index is 1.48. The normalized spacial score (nSPS) is 14.0. The first-order chi connectivity index (χ1) is 15.9. The molecule has 0 unspecified atom stereocenters. The Labute approximate surface area is 197 Å². The lowest BCUT2D eigenvalue weighted by atomic mass is 10.1. The maximum absolute atomic E-state index is 13.3. The lowest BCUT2D eigenvalue weighted by Gasteiger charge is -2.34. The summed E-state index contributed by atoms with van der Waals surface area (Å²) >= 11 is 1.43. The smallest absolute Gasteiger partial charge is 0.264 e. The van der Waals surface area contributed by atoms with Crippen molar-refractivity contribution in [3.05, 3.63) is 45.7 Å². The molecule has 3 aromatic rings. The number of amides is 2. The number of carbonyl (C=O) groups is 2. The third-order valence-corrected chi connectivity index (χ3v) is 7.19. The SMILES string of the molecule is CCc1nc(C)c2c(C)c(C(=O)N3CCN(C(=O)c4ccc(OC)c(OC)c4)CC3)sc2n1. The molecule has 1 aliphatic rings. The molecule has 2 amide bonds. The van der Waals surface area contributed by atoms with Gasteiger partial charge in [-0.05, 0) is 37.6 Å². The number of fused-ring (bicyclic) bond motifs is 1. The first-order valence-electron chi connectivity index (χ1n) is 10.9. The van der Waals surface area contributed by atoms with Crippen LogP contribution in [0.2, 0.25) is 0 Å². The van der Waals surface area contributed by atoms with Crippen molar-refractivity contribution in [1.82, 2.24) is 19.8 Å². The van der Waals surface area contributed by atoms with Crippen LogP contribution < -0.4 is 9.47 Å². The zero-order chi connectivity index (χ0) is 23.7. The Morgan fingerprint density at radius 1 is 0.970 bits per heavy atom. The van der Waals surface area contributed by atoms with Crippen LogP contribution in [0.25, 0.3) is 10.2 Å². The van der Waals surface area contributed by atoms with E-state index in [-0.39, 0.29) is 11.8 Å². The molecule has 1 aliphatic heterocycles. The number of aryl methyl sites for hydroxylation is 3. The summed E-state index contributed by atoms with van der Waals surface area (Å²) in [5, 5.41) is 0.975. The second-order valence-electron chi connectivity index (χ2n) is 7.97. The van der Waals surface area contributed by atoms with Gasteiger partial charge in [-0.3, -0.25) is 9.59 Å². The standard InChI is InChI=1S/C24H28N4O4S/c1-6-19-25-15(3)20-14(2)21(33-22(20)26-19)24(30)28-11-9-27(10-12-28)23(29)16-7-8-17(31-4)18(13-16)32-5/h7-8,13H,6,9-12H2,1-5H3. The molecule has 33 heavy (non-hydrogen) atoms. The van der Waals surface area contributed by atoms with Gasteiger partial charge in [-0.1, -0.05) is 6.92 Å². The fourth-order valence-electron chi connectivity index (χ4n) is 4.16. The van der Waals surface area contributed by atoms with Gasteiger partial charge < -0.3 is 19.3 Å². The highest BCUT2D eigenvalue weighted by Crippen LogP contribution is 2.33. The summed E-state index contributed by atoms with van der Waals surface area (Å²) in [6, 6.07) is 5.15. The molecule has 0 radical (unpaired) electrons. The molecule has 1 saturated heterocycles. The second kappa shape index (κ2) is 9.35. The van der Waals surface area contributed by atoms with Gasteiger partial charge in [0.25, 0.3) is 11.8 Å². The Hall–Kier alpha value is -3.20. The van der Waals surface area contributed by atoms with Crippen LogP contribution in [0.15, 0.2) is 18.2 Å². The highest BCUT2D eigenvalue weighted by molar-refractivity contribution is 7.20. The molecular formula is C24H28N4O4S. The molecule has 4 rings (SSSR count). The van der Waals surface area contributed by atoms with Gasteiger partial charge in [-0.2, -0.15) is 0 Å². The minimum atomic E-state index is -0.0842. The summed E-state index contributed by atoms with van der Waals surface area (Å²) in [4.78, 5) is 40.6. The number of carbonyl (C=O) groups excluding carboxylic acids is 2. The summed E-state index contributed by atoms with van der Waals surface area (Å²) < 4.78 is 10.6. The number of aromatic nitrogens is 2. The van der Waals surface area contributed by atoms with Gasteiger partial charge in [0.1, 0.15) is 10.7 Å². The first kappa shape index (κ1) is 23.0. The van der Waals surface area contributed by atoms with Gasteiger partial charge in [0.15, 0.2) is 11.5 Å². The van der Waals surface area contributed by atoms with Crippen LogP contribution in [-0.2, 0) is 6.42 Å². The molecule has 2 aromatic heterocycles. The fraction of sp³-hybridized carbons (Fsp3) is 0.417. The van der Waals surface area contributed by atoms with Crippen molar-refractivity contribution >= 4 is 33.4 Å². The van der Waals surface area contributed by atoms with Crippen molar-refractivity contribution < 1.29 is 19.1 Å². The average molecular weight is 469 g/mol. The molecule has 0 aliphatic carbocycles. The molecule has 9 heteroatoms. The molecule has 1 aromatic carbocycles. The summed E-state index contributed by atoms with van der Waals surface area (Å²) in [5.74, 6) is 1.80. The van der Waals surface area contributed by atoms with E-state index in [1.54, 1.807) is 37.3 Å². The molecule has 0 saturated carbocycles. The average Bonchev–Trinajstić information content (AvgIpc) is 3.19. The molecule has 0 spiro atoms. The Kier molecular flexibility index (Phi) is 6.51. The van der Waals surface area contributed by atoms with Crippen molar-refractivity contribution in [1.29, 1.82) is 0 Å². The van der Waals surface area contributed by atoms with Gasteiger partial charge in [0, 0.05) is 49.2 Å². The number of piperazine rings is 1. The van der Waals surface area contributed by atoms with E-state index in [1.807, 2.05) is 25.7 Å². The van der Waals surface area contributed by atoms with Crippen LogP contribution in [0.1, 0.15) is 44.0 Å². The van der Waals surface area contributed by atoms with Gasteiger partial charge in [-0.25, -0.2) is 9.97 Å². The van der Waals surface area contributed by atoms with Crippen LogP contribution in [0.3, 0.4) is 0 Å². The van der Waals surface area contributed by atoms with Gasteiger partial charge in [-0.15, -0.1) is 11.3 Å². The van der Waals surface area contributed by atoms with Gasteiger partial charge in [0.2, 0.25) is 0 Å². The Bertz CT molecular complexity index is 1210. The maximum Gasteiger partial charge on any atom is 0.264 e. The van der Waals surface area contributed by atoms with E-state index in [4.69, 9.17) is 9.47 Å². The third kappa shape index (κ3) is 4.25. The van der Waals surface area contributed by atoms with Crippen LogP contribution in [0, 0.1) is 13.8 Å².